The van der Waals surface area contributed by atoms with Crippen molar-refractivity contribution < 1.29 is 13.9 Å². The number of hydrogen-bond acceptors (Lipinski definition) is 3. The Morgan fingerprint density at radius 3 is 2.80 bits per heavy atom. The number of furan rings is 1. The molecule has 0 unspecified atom stereocenters. The second-order valence-electron chi connectivity index (χ2n) is 4.50. The molecule has 0 aliphatic carbocycles. The topological polar surface area (TPSA) is 42.7 Å². The van der Waals surface area contributed by atoms with Gasteiger partial charge in [-0.2, -0.15) is 0 Å². The van der Waals surface area contributed by atoms with Crippen LogP contribution >= 0.6 is 11.6 Å². The van der Waals surface area contributed by atoms with E-state index in [1.165, 1.54) is 4.90 Å². The van der Waals surface area contributed by atoms with Crippen molar-refractivity contribution in [3.63, 3.8) is 0 Å². The molecule has 5 heteroatoms. The minimum Gasteiger partial charge on any atom is -0.492 e. The summed E-state index contributed by atoms with van der Waals surface area (Å²) in [7, 11) is 1.69. The molecule has 1 amide bonds. The first-order valence-electron chi connectivity index (χ1n) is 6.26. The molecule has 0 saturated carbocycles. The van der Waals surface area contributed by atoms with Gasteiger partial charge in [0.1, 0.15) is 12.4 Å². The van der Waals surface area contributed by atoms with Crippen molar-refractivity contribution in [2.75, 3.05) is 20.2 Å². The van der Waals surface area contributed by atoms with Crippen LogP contribution in [0.25, 0.3) is 0 Å². The summed E-state index contributed by atoms with van der Waals surface area (Å²) in [5, 5.41) is 0.206. The van der Waals surface area contributed by atoms with Crippen molar-refractivity contribution in [1.29, 1.82) is 0 Å². The Morgan fingerprint density at radius 2 is 2.15 bits per heavy atom. The summed E-state index contributed by atoms with van der Waals surface area (Å²) in [5.41, 5.74) is 1.14. The Hall–Kier alpha value is -1.94. The fraction of sp³-hybridized carbons (Fsp3) is 0.267. The van der Waals surface area contributed by atoms with Crippen molar-refractivity contribution in [1.82, 2.24) is 4.90 Å². The Bertz CT molecular complexity index is 594. The largest absolute Gasteiger partial charge is 0.492 e. The van der Waals surface area contributed by atoms with E-state index in [1.807, 2.05) is 31.2 Å². The van der Waals surface area contributed by atoms with Gasteiger partial charge in [0.15, 0.2) is 11.0 Å². The molecule has 0 radical (unpaired) electrons. The van der Waals surface area contributed by atoms with Gasteiger partial charge in [-0.1, -0.05) is 12.1 Å². The van der Waals surface area contributed by atoms with E-state index in [-0.39, 0.29) is 16.9 Å². The first kappa shape index (κ1) is 14.5. The fourth-order valence-corrected chi connectivity index (χ4v) is 1.87. The molecule has 0 atom stereocenters. The second kappa shape index (κ2) is 6.48. The Labute approximate surface area is 122 Å². The Morgan fingerprint density at radius 1 is 1.35 bits per heavy atom. The lowest BCUT2D eigenvalue weighted by Gasteiger charge is -2.16. The van der Waals surface area contributed by atoms with Crippen molar-refractivity contribution >= 4 is 17.5 Å². The second-order valence-corrected chi connectivity index (χ2v) is 4.87. The van der Waals surface area contributed by atoms with E-state index < -0.39 is 0 Å². The Balaban J connectivity index is 1.83. The molecule has 0 fully saturated rings. The van der Waals surface area contributed by atoms with Gasteiger partial charge in [-0.05, 0) is 48.4 Å². The Kier molecular flexibility index (Phi) is 4.69. The molecule has 0 saturated heterocycles. The SMILES string of the molecule is Cc1cccc(OCCN(C)C(=O)c2ccc(Cl)o2)c1. The predicted octanol–water partition coefficient (Wildman–Crippen LogP) is 3.39. The van der Waals surface area contributed by atoms with Gasteiger partial charge in [0, 0.05) is 7.05 Å². The smallest absolute Gasteiger partial charge is 0.289 e. The van der Waals surface area contributed by atoms with E-state index in [1.54, 1.807) is 19.2 Å². The van der Waals surface area contributed by atoms with Crippen LogP contribution in [0.3, 0.4) is 0 Å². The van der Waals surface area contributed by atoms with Crippen molar-refractivity contribution in [3.05, 3.63) is 52.9 Å². The minimum absolute atomic E-state index is 0.206. The number of halogens is 1. The van der Waals surface area contributed by atoms with Gasteiger partial charge >= 0.3 is 0 Å². The highest BCUT2D eigenvalue weighted by molar-refractivity contribution is 6.29. The van der Waals surface area contributed by atoms with E-state index in [0.29, 0.717) is 13.2 Å². The number of nitrogens with zero attached hydrogens (tertiary/aromatic N) is 1. The molecule has 0 spiro atoms. The number of hydrogen-bond donors (Lipinski definition) is 0. The van der Waals surface area contributed by atoms with Gasteiger partial charge in [-0.3, -0.25) is 4.79 Å². The van der Waals surface area contributed by atoms with E-state index in [2.05, 4.69) is 0 Å². The summed E-state index contributed by atoms with van der Waals surface area (Å²) in [6.07, 6.45) is 0. The predicted molar refractivity (Wildman–Crippen MR) is 77.4 cm³/mol. The molecule has 4 nitrogen and oxygen atoms in total. The normalized spacial score (nSPS) is 10.3. The molecular weight excluding hydrogens is 278 g/mol. The molecule has 2 rings (SSSR count). The number of likely N-dealkylation sites (N-methyl/N-ethyl adjacent to an activating group) is 1. The van der Waals surface area contributed by atoms with Crippen LogP contribution in [-0.2, 0) is 0 Å². The van der Waals surface area contributed by atoms with Crippen molar-refractivity contribution in [2.24, 2.45) is 0 Å². The average Bonchev–Trinajstić information content (AvgIpc) is 2.84. The van der Waals surface area contributed by atoms with Crippen LogP contribution in [-0.4, -0.2) is 31.0 Å². The summed E-state index contributed by atoms with van der Waals surface area (Å²) in [4.78, 5) is 13.5. The third-order valence-electron chi connectivity index (χ3n) is 2.82. The molecule has 1 aromatic heterocycles. The van der Waals surface area contributed by atoms with Crippen molar-refractivity contribution in [3.8, 4) is 5.75 Å². The number of rotatable bonds is 5. The summed E-state index contributed by atoms with van der Waals surface area (Å²) < 4.78 is 10.7. The summed E-state index contributed by atoms with van der Waals surface area (Å²) in [5.74, 6) is 0.810. The molecule has 0 bridgehead atoms. The van der Waals surface area contributed by atoms with Crippen LogP contribution in [0.5, 0.6) is 5.75 Å². The van der Waals surface area contributed by atoms with E-state index in [9.17, 15) is 4.79 Å². The third-order valence-corrected chi connectivity index (χ3v) is 3.02. The number of ether oxygens (including phenoxy) is 1. The van der Waals surface area contributed by atoms with Gasteiger partial charge in [0.25, 0.3) is 5.91 Å². The van der Waals surface area contributed by atoms with Gasteiger partial charge in [-0.15, -0.1) is 0 Å². The zero-order chi connectivity index (χ0) is 14.5. The molecule has 106 valence electrons. The van der Waals surface area contributed by atoms with Crippen LogP contribution < -0.4 is 4.74 Å². The first-order chi connectivity index (χ1) is 9.56. The van der Waals surface area contributed by atoms with Crippen LogP contribution in [0, 0.1) is 6.92 Å². The first-order valence-corrected chi connectivity index (χ1v) is 6.64. The molecule has 0 aliphatic rings. The molecule has 1 heterocycles. The summed E-state index contributed by atoms with van der Waals surface area (Å²) >= 11 is 5.65. The fourth-order valence-electron chi connectivity index (χ4n) is 1.72. The highest BCUT2D eigenvalue weighted by atomic mass is 35.5. The third kappa shape index (κ3) is 3.78. The number of carbonyl (C=O) groups excluding carboxylic acids is 1. The molecule has 0 N–H and O–H groups in total. The van der Waals surface area contributed by atoms with Crippen LogP contribution in [0.4, 0.5) is 0 Å². The zero-order valence-corrected chi connectivity index (χ0v) is 12.2. The number of amides is 1. The number of carbonyl (C=O) groups is 1. The van der Waals surface area contributed by atoms with Crippen LogP contribution in [0.2, 0.25) is 5.22 Å². The van der Waals surface area contributed by atoms with Gasteiger partial charge in [0.2, 0.25) is 0 Å². The average molecular weight is 294 g/mol. The molecule has 0 aliphatic heterocycles. The molecular formula is C15H16ClNO3. The lowest BCUT2D eigenvalue weighted by atomic mass is 10.2. The van der Waals surface area contributed by atoms with E-state index >= 15 is 0 Å². The van der Waals surface area contributed by atoms with Crippen LogP contribution in [0.1, 0.15) is 16.1 Å². The lowest BCUT2D eigenvalue weighted by molar-refractivity contribution is 0.0742. The molecule has 20 heavy (non-hydrogen) atoms. The summed E-state index contributed by atoms with van der Waals surface area (Å²) in [6, 6.07) is 10.9. The van der Waals surface area contributed by atoms with Gasteiger partial charge < -0.3 is 14.1 Å². The van der Waals surface area contributed by atoms with Crippen LogP contribution in [0.15, 0.2) is 40.8 Å². The molecule has 1 aromatic carbocycles. The van der Waals surface area contributed by atoms with E-state index in [0.717, 1.165) is 11.3 Å². The maximum atomic E-state index is 12.0. The monoisotopic (exact) mass is 293 g/mol. The van der Waals surface area contributed by atoms with Gasteiger partial charge in [-0.25, -0.2) is 0 Å². The number of benzene rings is 1. The molecule has 2 aromatic rings. The minimum atomic E-state index is -0.218. The highest BCUT2D eigenvalue weighted by Gasteiger charge is 2.15. The summed E-state index contributed by atoms with van der Waals surface area (Å²) in [6.45, 7) is 2.88. The highest BCUT2D eigenvalue weighted by Crippen LogP contribution is 2.15. The quantitative estimate of drug-likeness (QED) is 0.848. The maximum Gasteiger partial charge on any atom is 0.289 e. The maximum absolute atomic E-state index is 12.0. The zero-order valence-electron chi connectivity index (χ0n) is 11.4. The standard InChI is InChI=1S/C15H16ClNO3/c1-11-4-3-5-12(10-11)19-9-8-17(2)15(18)13-6-7-14(16)20-13/h3-7,10H,8-9H2,1-2H3. The van der Waals surface area contributed by atoms with Crippen molar-refractivity contribution in [2.45, 2.75) is 6.92 Å². The number of aryl methyl sites for hydroxylation is 1. The lowest BCUT2D eigenvalue weighted by Crippen LogP contribution is -2.30. The van der Waals surface area contributed by atoms with Gasteiger partial charge in [0.05, 0.1) is 6.54 Å². The van der Waals surface area contributed by atoms with E-state index in [4.69, 9.17) is 20.8 Å².